The lowest BCUT2D eigenvalue weighted by Gasteiger charge is -2.07. The first-order valence-corrected chi connectivity index (χ1v) is 10.1. The second-order valence-electron chi connectivity index (χ2n) is 7.28. The minimum atomic E-state index is 0.0928. The summed E-state index contributed by atoms with van der Waals surface area (Å²) in [5.41, 5.74) is 3.60. The van der Waals surface area contributed by atoms with Crippen molar-refractivity contribution >= 4 is 27.7 Å². The number of rotatable bonds is 9. The van der Waals surface area contributed by atoms with E-state index in [1.807, 2.05) is 24.3 Å². The fourth-order valence-electron chi connectivity index (χ4n) is 3.88. The maximum Gasteiger partial charge on any atom is 0.220 e. The molecule has 2 heterocycles. The lowest BCUT2D eigenvalue weighted by molar-refractivity contribution is -0.121. The molecule has 0 bridgehead atoms. The Morgan fingerprint density at radius 2 is 1.76 bits per heavy atom. The number of ether oxygens (including phenoxy) is 1. The Bertz CT molecular complexity index is 1110. The van der Waals surface area contributed by atoms with Gasteiger partial charge in [0.15, 0.2) is 0 Å². The minimum absolute atomic E-state index is 0.0928. The standard InChI is InChI=1S/C24H27N3O2/c1-29-17-16-27-18-20(21-7-3-5-9-23(21)27)10-11-24(28)25-13-15-26-14-12-19-6-2-4-8-22(19)26/h2-9,12,14,18H,10-11,13,15-17H2,1H3,(H,25,28). The van der Waals surface area contributed by atoms with Gasteiger partial charge in [-0.2, -0.15) is 0 Å². The highest BCUT2D eigenvalue weighted by atomic mass is 16.5. The van der Waals surface area contributed by atoms with Gasteiger partial charge >= 0.3 is 0 Å². The van der Waals surface area contributed by atoms with Gasteiger partial charge in [-0.15, -0.1) is 0 Å². The number of nitrogens with zero attached hydrogens (tertiary/aromatic N) is 2. The van der Waals surface area contributed by atoms with Crippen LogP contribution in [-0.2, 0) is 29.0 Å². The maximum absolute atomic E-state index is 12.4. The first-order chi connectivity index (χ1) is 14.3. The monoisotopic (exact) mass is 389 g/mol. The molecule has 0 unspecified atom stereocenters. The lowest BCUT2D eigenvalue weighted by atomic mass is 10.1. The van der Waals surface area contributed by atoms with Crippen molar-refractivity contribution in [2.75, 3.05) is 20.3 Å². The van der Waals surface area contributed by atoms with Crippen LogP contribution >= 0.6 is 0 Å². The van der Waals surface area contributed by atoms with Gasteiger partial charge in [-0.3, -0.25) is 4.79 Å². The molecule has 0 aliphatic carbocycles. The molecule has 0 aliphatic heterocycles. The Morgan fingerprint density at radius 1 is 0.966 bits per heavy atom. The second-order valence-corrected chi connectivity index (χ2v) is 7.28. The normalized spacial score (nSPS) is 11.3. The summed E-state index contributed by atoms with van der Waals surface area (Å²) in [4.78, 5) is 12.4. The molecule has 150 valence electrons. The highest BCUT2D eigenvalue weighted by molar-refractivity contribution is 5.85. The van der Waals surface area contributed by atoms with Crippen LogP contribution in [0.4, 0.5) is 0 Å². The van der Waals surface area contributed by atoms with E-state index in [0.717, 1.165) is 19.5 Å². The molecule has 1 amide bonds. The molecular weight excluding hydrogens is 362 g/mol. The summed E-state index contributed by atoms with van der Waals surface area (Å²) in [7, 11) is 1.72. The summed E-state index contributed by atoms with van der Waals surface area (Å²) < 4.78 is 9.61. The average Bonchev–Trinajstić information content (AvgIpc) is 3.32. The van der Waals surface area contributed by atoms with Crippen LogP contribution in [0.1, 0.15) is 12.0 Å². The minimum Gasteiger partial charge on any atom is -0.383 e. The van der Waals surface area contributed by atoms with E-state index in [0.29, 0.717) is 19.6 Å². The number of amides is 1. The van der Waals surface area contributed by atoms with Gasteiger partial charge < -0.3 is 19.2 Å². The number of hydrogen-bond donors (Lipinski definition) is 1. The molecule has 0 aliphatic rings. The number of carbonyl (C=O) groups is 1. The number of carbonyl (C=O) groups excluding carboxylic acids is 1. The van der Waals surface area contributed by atoms with Gasteiger partial charge in [0.25, 0.3) is 0 Å². The molecule has 2 aromatic carbocycles. The van der Waals surface area contributed by atoms with Gasteiger partial charge in [0.05, 0.1) is 6.61 Å². The Hall–Kier alpha value is -3.05. The molecule has 29 heavy (non-hydrogen) atoms. The van der Waals surface area contributed by atoms with Crippen molar-refractivity contribution in [3.8, 4) is 0 Å². The van der Waals surface area contributed by atoms with Gasteiger partial charge in [0.2, 0.25) is 5.91 Å². The SMILES string of the molecule is COCCn1cc(CCC(=O)NCCn2ccc3ccccc32)c2ccccc21. The lowest BCUT2D eigenvalue weighted by Crippen LogP contribution is -2.27. The number of benzene rings is 2. The predicted molar refractivity (Wildman–Crippen MR) is 117 cm³/mol. The summed E-state index contributed by atoms with van der Waals surface area (Å²) >= 11 is 0. The van der Waals surface area contributed by atoms with Gasteiger partial charge in [0, 0.05) is 62.0 Å². The van der Waals surface area contributed by atoms with Crippen LogP contribution in [0.15, 0.2) is 67.0 Å². The number of nitrogens with one attached hydrogen (secondary N) is 1. The molecule has 4 rings (SSSR count). The number of hydrogen-bond acceptors (Lipinski definition) is 2. The first kappa shape index (κ1) is 19.3. The van der Waals surface area contributed by atoms with Crippen LogP contribution in [0.2, 0.25) is 0 Å². The van der Waals surface area contributed by atoms with Crippen LogP contribution in [0, 0.1) is 0 Å². The zero-order valence-corrected chi connectivity index (χ0v) is 16.8. The summed E-state index contributed by atoms with van der Waals surface area (Å²) in [5, 5.41) is 5.50. The van der Waals surface area contributed by atoms with Crippen LogP contribution < -0.4 is 5.32 Å². The highest BCUT2D eigenvalue weighted by Crippen LogP contribution is 2.22. The molecule has 2 aromatic heterocycles. The number of methoxy groups -OCH3 is 1. The van der Waals surface area contributed by atoms with E-state index in [9.17, 15) is 4.79 Å². The van der Waals surface area contributed by atoms with E-state index in [1.54, 1.807) is 7.11 Å². The van der Waals surface area contributed by atoms with E-state index in [2.05, 4.69) is 57.2 Å². The average molecular weight is 389 g/mol. The van der Waals surface area contributed by atoms with Crippen molar-refractivity contribution < 1.29 is 9.53 Å². The van der Waals surface area contributed by atoms with E-state index in [1.165, 1.54) is 27.4 Å². The Balaban J connectivity index is 1.32. The quantitative estimate of drug-likeness (QED) is 0.470. The molecule has 5 nitrogen and oxygen atoms in total. The summed E-state index contributed by atoms with van der Waals surface area (Å²) in [6, 6.07) is 18.8. The fraction of sp³-hybridized carbons (Fsp3) is 0.292. The van der Waals surface area contributed by atoms with E-state index >= 15 is 0 Å². The molecular formula is C24H27N3O2. The second kappa shape index (κ2) is 8.97. The zero-order valence-electron chi connectivity index (χ0n) is 16.8. The Kier molecular flexibility index (Phi) is 5.96. The van der Waals surface area contributed by atoms with Crippen LogP contribution in [0.3, 0.4) is 0 Å². The third kappa shape index (κ3) is 4.35. The summed E-state index contributed by atoms with van der Waals surface area (Å²) in [6.07, 6.45) is 5.46. The van der Waals surface area contributed by atoms with Crippen molar-refractivity contribution in [3.63, 3.8) is 0 Å². The van der Waals surface area contributed by atoms with Crippen LogP contribution in [0.25, 0.3) is 21.8 Å². The molecule has 0 saturated heterocycles. The third-order valence-corrected chi connectivity index (χ3v) is 5.38. The smallest absolute Gasteiger partial charge is 0.220 e. The maximum atomic E-state index is 12.4. The third-order valence-electron chi connectivity index (χ3n) is 5.38. The van der Waals surface area contributed by atoms with Crippen molar-refractivity contribution in [1.82, 2.24) is 14.5 Å². The Labute approximate surface area is 170 Å². The number of aryl methyl sites for hydroxylation is 1. The molecule has 0 saturated carbocycles. The zero-order chi connectivity index (χ0) is 20.1. The highest BCUT2D eigenvalue weighted by Gasteiger charge is 2.10. The van der Waals surface area contributed by atoms with E-state index < -0.39 is 0 Å². The van der Waals surface area contributed by atoms with Gasteiger partial charge in [-0.1, -0.05) is 36.4 Å². The van der Waals surface area contributed by atoms with Gasteiger partial charge in [0.1, 0.15) is 0 Å². The molecule has 0 spiro atoms. The van der Waals surface area contributed by atoms with Gasteiger partial charge in [-0.05, 0) is 35.6 Å². The van der Waals surface area contributed by atoms with Crippen LogP contribution in [0.5, 0.6) is 0 Å². The van der Waals surface area contributed by atoms with E-state index in [-0.39, 0.29) is 5.91 Å². The van der Waals surface area contributed by atoms with Gasteiger partial charge in [-0.25, -0.2) is 0 Å². The fourth-order valence-corrected chi connectivity index (χ4v) is 3.88. The van der Waals surface area contributed by atoms with Crippen molar-refractivity contribution in [2.45, 2.75) is 25.9 Å². The molecule has 0 atom stereocenters. The van der Waals surface area contributed by atoms with Crippen molar-refractivity contribution in [1.29, 1.82) is 0 Å². The molecule has 0 radical (unpaired) electrons. The molecule has 5 heteroatoms. The van der Waals surface area contributed by atoms with Crippen molar-refractivity contribution in [2.24, 2.45) is 0 Å². The summed E-state index contributed by atoms with van der Waals surface area (Å²) in [6.45, 7) is 2.89. The predicted octanol–water partition coefficient (Wildman–Crippen LogP) is 3.99. The topological polar surface area (TPSA) is 48.2 Å². The molecule has 1 N–H and O–H groups in total. The number of para-hydroxylation sites is 2. The van der Waals surface area contributed by atoms with Crippen LogP contribution in [-0.4, -0.2) is 35.3 Å². The van der Waals surface area contributed by atoms with E-state index in [4.69, 9.17) is 4.74 Å². The summed E-state index contributed by atoms with van der Waals surface area (Å²) in [5.74, 6) is 0.0928. The first-order valence-electron chi connectivity index (χ1n) is 10.1. The Morgan fingerprint density at radius 3 is 2.62 bits per heavy atom. The molecule has 4 aromatic rings. The number of fused-ring (bicyclic) bond motifs is 2. The number of aromatic nitrogens is 2. The largest absolute Gasteiger partial charge is 0.383 e. The molecule has 0 fully saturated rings. The van der Waals surface area contributed by atoms with Crippen molar-refractivity contribution in [3.05, 3.63) is 72.6 Å².